The van der Waals surface area contributed by atoms with Crippen molar-refractivity contribution in [2.75, 3.05) is 7.11 Å². The first kappa shape index (κ1) is 12.0. The maximum absolute atomic E-state index is 11.3. The lowest BCUT2D eigenvalue weighted by molar-refractivity contribution is -0.131. The number of hydrogen-bond acceptors (Lipinski definition) is 3. The van der Waals surface area contributed by atoms with Crippen molar-refractivity contribution < 1.29 is 19.4 Å². The minimum Gasteiger partial charge on any atom is -0.478 e. The van der Waals surface area contributed by atoms with Gasteiger partial charge in [0.25, 0.3) is 0 Å². The molecule has 0 aromatic heterocycles. The number of esters is 1. The highest BCUT2D eigenvalue weighted by Crippen LogP contribution is 2.13. The fourth-order valence-electron chi connectivity index (χ4n) is 1.30. The molecule has 4 nitrogen and oxygen atoms in total. The van der Waals surface area contributed by atoms with Crippen molar-refractivity contribution >= 4 is 18.0 Å². The molecule has 84 valence electrons. The second kappa shape index (κ2) is 5.11. The summed E-state index contributed by atoms with van der Waals surface area (Å²) in [5.41, 5.74) is 1.96. The molecule has 0 saturated carbocycles. The first-order valence-corrected chi connectivity index (χ1v) is 4.64. The number of carboxylic acid groups (broad SMARTS) is 1. The standard InChI is InChI=1S/C12H12O4/c1-8-7-9(4-6-11(13)14)3-5-10(8)12(15)16-2/h3-7H,1-2H3,(H,13,14)/b6-4+. The SMILES string of the molecule is COC(=O)c1ccc(/C=C/C(=O)O)cc1C. The van der Waals surface area contributed by atoms with E-state index in [1.807, 2.05) is 0 Å². The topological polar surface area (TPSA) is 63.6 Å². The third kappa shape index (κ3) is 2.95. The molecule has 16 heavy (non-hydrogen) atoms. The summed E-state index contributed by atoms with van der Waals surface area (Å²) >= 11 is 0. The Morgan fingerprint density at radius 3 is 2.56 bits per heavy atom. The summed E-state index contributed by atoms with van der Waals surface area (Å²) in [5, 5.41) is 8.46. The average Bonchev–Trinajstić information content (AvgIpc) is 2.25. The van der Waals surface area contributed by atoms with Crippen molar-refractivity contribution in [1.29, 1.82) is 0 Å². The molecule has 0 aliphatic heterocycles. The third-order valence-corrected chi connectivity index (χ3v) is 2.07. The Kier molecular flexibility index (Phi) is 3.83. The minimum absolute atomic E-state index is 0.397. The van der Waals surface area contributed by atoms with Crippen LogP contribution in [0.25, 0.3) is 6.08 Å². The van der Waals surface area contributed by atoms with E-state index in [-0.39, 0.29) is 0 Å². The highest BCUT2D eigenvalue weighted by molar-refractivity contribution is 5.91. The number of carboxylic acids is 1. The number of methoxy groups -OCH3 is 1. The van der Waals surface area contributed by atoms with Gasteiger partial charge >= 0.3 is 11.9 Å². The van der Waals surface area contributed by atoms with Crippen molar-refractivity contribution in [2.24, 2.45) is 0 Å². The molecule has 0 aliphatic carbocycles. The molecule has 1 rings (SSSR count). The van der Waals surface area contributed by atoms with Gasteiger partial charge < -0.3 is 9.84 Å². The van der Waals surface area contributed by atoms with Crippen LogP contribution in [0.4, 0.5) is 0 Å². The molecule has 0 radical (unpaired) electrons. The average molecular weight is 220 g/mol. The Balaban J connectivity index is 2.99. The lowest BCUT2D eigenvalue weighted by Gasteiger charge is -2.04. The van der Waals surface area contributed by atoms with Crippen molar-refractivity contribution in [1.82, 2.24) is 0 Å². The molecule has 0 atom stereocenters. The van der Waals surface area contributed by atoms with E-state index in [1.54, 1.807) is 25.1 Å². The van der Waals surface area contributed by atoms with Gasteiger partial charge in [-0.15, -0.1) is 0 Å². The molecule has 1 aromatic rings. The van der Waals surface area contributed by atoms with E-state index in [4.69, 9.17) is 5.11 Å². The number of benzene rings is 1. The van der Waals surface area contributed by atoms with E-state index in [9.17, 15) is 9.59 Å². The van der Waals surface area contributed by atoms with Crippen LogP contribution in [-0.4, -0.2) is 24.2 Å². The van der Waals surface area contributed by atoms with Crippen molar-refractivity contribution in [2.45, 2.75) is 6.92 Å². The maximum atomic E-state index is 11.3. The Labute approximate surface area is 93.2 Å². The highest BCUT2D eigenvalue weighted by Gasteiger charge is 2.08. The largest absolute Gasteiger partial charge is 0.478 e. The molecule has 0 spiro atoms. The highest BCUT2D eigenvalue weighted by atomic mass is 16.5. The maximum Gasteiger partial charge on any atom is 0.338 e. The summed E-state index contributed by atoms with van der Waals surface area (Å²) in [4.78, 5) is 21.6. The number of rotatable bonds is 3. The van der Waals surface area contributed by atoms with E-state index >= 15 is 0 Å². The van der Waals surface area contributed by atoms with Crippen LogP contribution in [0.15, 0.2) is 24.3 Å². The quantitative estimate of drug-likeness (QED) is 0.624. The van der Waals surface area contributed by atoms with Crippen LogP contribution in [-0.2, 0) is 9.53 Å². The van der Waals surface area contributed by atoms with E-state index < -0.39 is 11.9 Å². The van der Waals surface area contributed by atoms with Gasteiger partial charge in [-0.2, -0.15) is 0 Å². The zero-order valence-electron chi connectivity index (χ0n) is 9.06. The summed E-state index contributed by atoms with van der Waals surface area (Å²) in [6, 6.07) is 5.01. The molecule has 0 amide bonds. The number of ether oxygens (including phenoxy) is 1. The number of hydrogen-bond donors (Lipinski definition) is 1. The summed E-state index contributed by atoms with van der Waals surface area (Å²) in [5.74, 6) is -1.40. The van der Waals surface area contributed by atoms with Gasteiger partial charge in [0.2, 0.25) is 0 Å². The normalized spacial score (nSPS) is 10.4. The summed E-state index contributed by atoms with van der Waals surface area (Å²) in [7, 11) is 1.32. The molecule has 0 bridgehead atoms. The Hall–Kier alpha value is -2.10. The molecule has 4 heteroatoms. The van der Waals surface area contributed by atoms with Gasteiger partial charge in [0.1, 0.15) is 0 Å². The van der Waals surface area contributed by atoms with Crippen molar-refractivity contribution in [3.63, 3.8) is 0 Å². The first-order chi connectivity index (χ1) is 7.54. The molecule has 0 unspecified atom stereocenters. The molecule has 0 aliphatic rings. The van der Waals surface area contributed by atoms with E-state index in [1.165, 1.54) is 13.2 Å². The Morgan fingerprint density at radius 2 is 2.06 bits per heavy atom. The third-order valence-electron chi connectivity index (χ3n) is 2.07. The molecule has 1 aromatic carbocycles. The Morgan fingerprint density at radius 1 is 1.38 bits per heavy atom. The molecular formula is C12H12O4. The fraction of sp³-hybridized carbons (Fsp3) is 0.167. The summed E-state index contributed by atoms with van der Waals surface area (Å²) < 4.78 is 4.60. The van der Waals surface area contributed by atoms with Crippen molar-refractivity contribution in [3.8, 4) is 0 Å². The number of aliphatic carboxylic acids is 1. The molecular weight excluding hydrogens is 208 g/mol. The van der Waals surface area contributed by atoms with Gasteiger partial charge in [-0.3, -0.25) is 0 Å². The van der Waals surface area contributed by atoms with Gasteiger partial charge in [-0.25, -0.2) is 9.59 Å². The van der Waals surface area contributed by atoms with Crippen LogP contribution in [0.2, 0.25) is 0 Å². The molecule has 0 heterocycles. The second-order valence-corrected chi connectivity index (χ2v) is 3.24. The molecule has 1 N–H and O–H groups in total. The smallest absolute Gasteiger partial charge is 0.338 e. The van der Waals surface area contributed by atoms with Crippen LogP contribution >= 0.6 is 0 Å². The predicted molar refractivity (Wildman–Crippen MR) is 59.2 cm³/mol. The van der Waals surface area contributed by atoms with E-state index in [0.29, 0.717) is 5.56 Å². The van der Waals surface area contributed by atoms with Crippen LogP contribution < -0.4 is 0 Å². The van der Waals surface area contributed by atoms with Crippen molar-refractivity contribution in [3.05, 3.63) is 41.0 Å². The minimum atomic E-state index is -1.00. The van der Waals surface area contributed by atoms with Crippen LogP contribution in [0, 0.1) is 6.92 Å². The predicted octanol–water partition coefficient (Wildman–Crippen LogP) is 1.88. The lowest BCUT2D eigenvalue weighted by atomic mass is 10.0. The number of carbonyl (C=O) groups is 2. The zero-order chi connectivity index (χ0) is 12.1. The number of carbonyl (C=O) groups excluding carboxylic acids is 1. The van der Waals surface area contributed by atoms with Gasteiger partial charge in [0.15, 0.2) is 0 Å². The van der Waals surface area contributed by atoms with Gasteiger partial charge in [0.05, 0.1) is 12.7 Å². The first-order valence-electron chi connectivity index (χ1n) is 4.64. The number of aryl methyl sites for hydroxylation is 1. The lowest BCUT2D eigenvalue weighted by Crippen LogP contribution is -2.03. The van der Waals surface area contributed by atoms with Gasteiger partial charge in [-0.05, 0) is 30.2 Å². The summed E-state index contributed by atoms with van der Waals surface area (Å²) in [6.07, 6.45) is 2.52. The Bertz CT molecular complexity index is 446. The fourth-order valence-corrected chi connectivity index (χ4v) is 1.30. The van der Waals surface area contributed by atoms with Crippen LogP contribution in [0.5, 0.6) is 0 Å². The van der Waals surface area contributed by atoms with Crippen LogP contribution in [0.3, 0.4) is 0 Å². The van der Waals surface area contributed by atoms with Crippen LogP contribution in [0.1, 0.15) is 21.5 Å². The van der Waals surface area contributed by atoms with E-state index in [0.717, 1.165) is 17.2 Å². The van der Waals surface area contributed by atoms with Gasteiger partial charge in [0, 0.05) is 6.08 Å². The molecule has 0 saturated heterocycles. The zero-order valence-corrected chi connectivity index (χ0v) is 9.06. The monoisotopic (exact) mass is 220 g/mol. The summed E-state index contributed by atoms with van der Waals surface area (Å²) in [6.45, 7) is 1.77. The molecule has 0 fully saturated rings. The second-order valence-electron chi connectivity index (χ2n) is 3.24. The van der Waals surface area contributed by atoms with Gasteiger partial charge in [-0.1, -0.05) is 12.1 Å². The van der Waals surface area contributed by atoms with E-state index in [2.05, 4.69) is 4.74 Å².